The molecule has 2 aromatic rings. The maximum atomic E-state index is 2.30. The first-order chi connectivity index (χ1) is 9.27. The molecule has 0 spiro atoms. The number of rotatable bonds is 0. The van der Waals surface area contributed by atoms with E-state index in [1.807, 2.05) is 13.8 Å². The van der Waals surface area contributed by atoms with Crippen LogP contribution in [-0.2, 0) is 0 Å². The van der Waals surface area contributed by atoms with Gasteiger partial charge < -0.3 is 0 Å². The van der Waals surface area contributed by atoms with Crippen molar-refractivity contribution < 1.29 is 0 Å². The third-order valence-corrected chi connectivity index (χ3v) is 3.62. The fourth-order valence-electron chi connectivity index (χ4n) is 2.62. The standard InChI is InChI=1S/C17H16.C2H6/c1-12-6-5-9-17-15(12)11-10-13(2)14-7-3-4-8-16(14)17;1-2/h3-11,13H,1-2H3;1-2H3. The number of benzene rings is 2. The quantitative estimate of drug-likeness (QED) is 0.552. The van der Waals surface area contributed by atoms with Crippen molar-refractivity contribution in [3.63, 3.8) is 0 Å². The molecule has 0 aromatic heterocycles. The van der Waals surface area contributed by atoms with Crippen LogP contribution in [0, 0.1) is 6.92 Å². The second-order valence-electron chi connectivity index (χ2n) is 4.77. The van der Waals surface area contributed by atoms with Gasteiger partial charge in [0, 0.05) is 0 Å². The van der Waals surface area contributed by atoms with Crippen LogP contribution in [0.15, 0.2) is 48.5 Å². The van der Waals surface area contributed by atoms with E-state index in [9.17, 15) is 0 Å². The molecule has 98 valence electrons. The van der Waals surface area contributed by atoms with E-state index in [1.54, 1.807) is 0 Å². The van der Waals surface area contributed by atoms with Crippen LogP contribution in [-0.4, -0.2) is 0 Å². The highest BCUT2D eigenvalue weighted by Gasteiger charge is 2.15. The van der Waals surface area contributed by atoms with Crippen molar-refractivity contribution in [3.8, 4) is 11.1 Å². The molecule has 2 aromatic carbocycles. The summed E-state index contributed by atoms with van der Waals surface area (Å²) in [5.41, 5.74) is 6.88. The van der Waals surface area contributed by atoms with Gasteiger partial charge >= 0.3 is 0 Å². The van der Waals surface area contributed by atoms with Gasteiger partial charge in [0.25, 0.3) is 0 Å². The summed E-state index contributed by atoms with van der Waals surface area (Å²) in [5.74, 6) is 0.484. The minimum Gasteiger partial charge on any atom is -0.0766 e. The zero-order valence-corrected chi connectivity index (χ0v) is 12.3. The minimum atomic E-state index is 0.484. The monoisotopic (exact) mass is 250 g/mol. The average molecular weight is 250 g/mol. The van der Waals surface area contributed by atoms with E-state index in [0.29, 0.717) is 5.92 Å². The number of hydrogen-bond acceptors (Lipinski definition) is 0. The lowest BCUT2D eigenvalue weighted by molar-refractivity contribution is 0.979. The molecule has 0 amide bonds. The van der Waals surface area contributed by atoms with E-state index in [-0.39, 0.29) is 0 Å². The van der Waals surface area contributed by atoms with E-state index >= 15 is 0 Å². The van der Waals surface area contributed by atoms with Crippen LogP contribution in [0.25, 0.3) is 17.2 Å². The molecule has 0 fully saturated rings. The Bertz CT molecular complexity index is 591. The highest BCUT2D eigenvalue weighted by molar-refractivity contribution is 5.81. The molecule has 0 saturated heterocycles. The summed E-state index contributed by atoms with van der Waals surface area (Å²) < 4.78 is 0. The Balaban J connectivity index is 0.000000637. The van der Waals surface area contributed by atoms with E-state index < -0.39 is 0 Å². The van der Waals surface area contributed by atoms with Gasteiger partial charge in [0.1, 0.15) is 0 Å². The number of hydrogen-bond donors (Lipinski definition) is 0. The second kappa shape index (κ2) is 5.88. The van der Waals surface area contributed by atoms with Crippen LogP contribution in [0.1, 0.15) is 43.4 Å². The number of aryl methyl sites for hydroxylation is 1. The highest BCUT2D eigenvalue weighted by atomic mass is 14.2. The first kappa shape index (κ1) is 13.6. The summed E-state index contributed by atoms with van der Waals surface area (Å²) in [7, 11) is 0. The molecule has 0 heterocycles. The van der Waals surface area contributed by atoms with Gasteiger partial charge in [-0.25, -0.2) is 0 Å². The van der Waals surface area contributed by atoms with Gasteiger partial charge in [-0.3, -0.25) is 0 Å². The van der Waals surface area contributed by atoms with Gasteiger partial charge in [0.2, 0.25) is 0 Å². The molecule has 1 atom stereocenters. The first-order valence-electron chi connectivity index (χ1n) is 7.14. The van der Waals surface area contributed by atoms with Crippen LogP contribution in [0.5, 0.6) is 0 Å². The molecule has 0 N–H and O–H groups in total. The lowest BCUT2D eigenvalue weighted by Gasteiger charge is -2.12. The largest absolute Gasteiger partial charge is 0.0766 e. The van der Waals surface area contributed by atoms with Crippen molar-refractivity contribution >= 4 is 6.08 Å². The third-order valence-electron chi connectivity index (χ3n) is 3.62. The van der Waals surface area contributed by atoms with Gasteiger partial charge in [-0.1, -0.05) is 75.4 Å². The summed E-state index contributed by atoms with van der Waals surface area (Å²) >= 11 is 0. The average Bonchev–Trinajstić information content (AvgIpc) is 2.61. The number of fused-ring (bicyclic) bond motifs is 3. The minimum absolute atomic E-state index is 0.484. The van der Waals surface area contributed by atoms with Gasteiger partial charge in [0.05, 0.1) is 0 Å². The van der Waals surface area contributed by atoms with Crippen molar-refractivity contribution in [2.45, 2.75) is 33.6 Å². The zero-order valence-electron chi connectivity index (χ0n) is 12.3. The van der Waals surface area contributed by atoms with E-state index in [0.717, 1.165) is 0 Å². The van der Waals surface area contributed by atoms with Gasteiger partial charge in [0.15, 0.2) is 0 Å². The first-order valence-corrected chi connectivity index (χ1v) is 7.14. The Labute approximate surface area is 116 Å². The van der Waals surface area contributed by atoms with E-state index in [2.05, 4.69) is 68.5 Å². The fourth-order valence-corrected chi connectivity index (χ4v) is 2.62. The number of allylic oxidation sites excluding steroid dienone is 1. The van der Waals surface area contributed by atoms with Gasteiger partial charge in [-0.15, -0.1) is 0 Å². The Morgan fingerprint density at radius 2 is 1.53 bits per heavy atom. The van der Waals surface area contributed by atoms with Crippen molar-refractivity contribution in [2.24, 2.45) is 0 Å². The Hall–Kier alpha value is -1.82. The molecule has 0 bridgehead atoms. The summed E-state index contributed by atoms with van der Waals surface area (Å²) in [6, 6.07) is 15.3. The summed E-state index contributed by atoms with van der Waals surface area (Å²) in [4.78, 5) is 0. The molecular weight excluding hydrogens is 228 g/mol. The molecule has 0 heteroatoms. The maximum Gasteiger partial charge on any atom is -0.0000947 e. The molecule has 1 aliphatic carbocycles. The molecule has 19 heavy (non-hydrogen) atoms. The molecule has 0 nitrogen and oxygen atoms in total. The van der Waals surface area contributed by atoms with Crippen LogP contribution in [0.2, 0.25) is 0 Å². The maximum absolute atomic E-state index is 2.30. The SMILES string of the molecule is CC.Cc1cccc2c1C=CC(C)c1ccccc1-2. The van der Waals surface area contributed by atoms with Crippen LogP contribution >= 0.6 is 0 Å². The van der Waals surface area contributed by atoms with E-state index in [4.69, 9.17) is 0 Å². The predicted molar refractivity (Wildman–Crippen MR) is 85.4 cm³/mol. The van der Waals surface area contributed by atoms with Crippen LogP contribution in [0.4, 0.5) is 0 Å². The van der Waals surface area contributed by atoms with Gasteiger partial charge in [-0.05, 0) is 40.7 Å². The smallest absolute Gasteiger partial charge is 0.0000947 e. The molecular formula is C19H22. The molecule has 3 rings (SSSR count). The highest BCUT2D eigenvalue weighted by Crippen LogP contribution is 2.37. The predicted octanol–water partition coefficient (Wildman–Crippen LogP) is 5.82. The second-order valence-corrected chi connectivity index (χ2v) is 4.77. The molecule has 1 aliphatic rings. The topological polar surface area (TPSA) is 0 Å². The summed E-state index contributed by atoms with van der Waals surface area (Å²) in [5, 5.41) is 0. The lowest BCUT2D eigenvalue weighted by Crippen LogP contribution is -1.92. The molecule has 0 radical (unpaired) electrons. The summed E-state index contributed by atoms with van der Waals surface area (Å²) in [6.45, 7) is 8.44. The fraction of sp³-hybridized carbons (Fsp3) is 0.263. The van der Waals surface area contributed by atoms with Crippen molar-refractivity contribution in [1.82, 2.24) is 0 Å². The Morgan fingerprint density at radius 1 is 0.842 bits per heavy atom. The summed E-state index contributed by atoms with van der Waals surface area (Å²) in [6.07, 6.45) is 4.58. The normalized spacial score (nSPS) is 15.7. The Kier molecular flexibility index (Phi) is 4.21. The van der Waals surface area contributed by atoms with Crippen molar-refractivity contribution in [1.29, 1.82) is 0 Å². The van der Waals surface area contributed by atoms with Gasteiger partial charge in [-0.2, -0.15) is 0 Å². The Morgan fingerprint density at radius 3 is 2.32 bits per heavy atom. The van der Waals surface area contributed by atoms with E-state index in [1.165, 1.54) is 27.8 Å². The molecule has 0 saturated carbocycles. The lowest BCUT2D eigenvalue weighted by atomic mass is 9.91. The van der Waals surface area contributed by atoms with Crippen LogP contribution < -0.4 is 0 Å². The molecule has 0 aliphatic heterocycles. The third kappa shape index (κ3) is 2.49. The van der Waals surface area contributed by atoms with Crippen molar-refractivity contribution in [2.75, 3.05) is 0 Å². The zero-order chi connectivity index (χ0) is 13.8. The van der Waals surface area contributed by atoms with Crippen molar-refractivity contribution in [3.05, 3.63) is 65.2 Å². The van der Waals surface area contributed by atoms with Crippen LogP contribution in [0.3, 0.4) is 0 Å². The molecule has 1 unspecified atom stereocenters.